The molecule has 4 heteroatoms. The maximum Gasteiger partial charge on any atom is 0.181 e. The van der Waals surface area contributed by atoms with Crippen molar-refractivity contribution in [1.82, 2.24) is 4.90 Å². The van der Waals surface area contributed by atoms with Crippen LogP contribution in [0.3, 0.4) is 0 Å². The van der Waals surface area contributed by atoms with Crippen LogP contribution in [-0.4, -0.2) is 29.3 Å². The molecule has 1 aromatic rings. The number of fused-ring (bicyclic) bond motifs is 1. The van der Waals surface area contributed by atoms with Gasteiger partial charge < -0.3 is 0 Å². The van der Waals surface area contributed by atoms with Gasteiger partial charge in [0.25, 0.3) is 0 Å². The normalized spacial score (nSPS) is 27.4. The second-order valence-electron chi connectivity index (χ2n) is 6.30. The Hall–Kier alpha value is -0.570. The van der Waals surface area contributed by atoms with Gasteiger partial charge in [-0.2, -0.15) is 0 Å². The Morgan fingerprint density at radius 2 is 2.00 bits per heavy atom. The Balaban J connectivity index is 1.78. The van der Waals surface area contributed by atoms with Crippen molar-refractivity contribution < 1.29 is 4.79 Å². The van der Waals surface area contributed by atoms with E-state index in [1.54, 1.807) is 18.2 Å². The molecular weight excluding hydrogens is 305 g/mol. The molecular formula is C17H21Cl2NO. The number of hydrogen-bond donors (Lipinski definition) is 0. The third-order valence-electron chi connectivity index (χ3n) is 5.13. The van der Waals surface area contributed by atoms with Crippen LogP contribution in [0.1, 0.15) is 49.4 Å². The van der Waals surface area contributed by atoms with Gasteiger partial charge in [-0.25, -0.2) is 0 Å². The SMILES string of the molecule is CC(C(=O)c1ccc(Cl)cc1Cl)N1CCC2CCCCC21. The fraction of sp³-hybridized carbons (Fsp3) is 0.588. The van der Waals surface area contributed by atoms with Gasteiger partial charge in [-0.1, -0.05) is 36.0 Å². The van der Waals surface area contributed by atoms with E-state index in [2.05, 4.69) is 4.90 Å². The molecule has 1 saturated heterocycles. The van der Waals surface area contributed by atoms with E-state index >= 15 is 0 Å². The third kappa shape index (κ3) is 2.99. The van der Waals surface area contributed by atoms with Gasteiger partial charge in [-0.3, -0.25) is 9.69 Å². The second-order valence-corrected chi connectivity index (χ2v) is 7.15. The lowest BCUT2D eigenvalue weighted by Crippen LogP contribution is -2.44. The van der Waals surface area contributed by atoms with Crippen molar-refractivity contribution in [3.05, 3.63) is 33.8 Å². The van der Waals surface area contributed by atoms with Crippen molar-refractivity contribution >= 4 is 29.0 Å². The number of rotatable bonds is 3. The summed E-state index contributed by atoms with van der Waals surface area (Å²) in [4.78, 5) is 15.2. The molecule has 1 saturated carbocycles. The van der Waals surface area contributed by atoms with E-state index in [1.807, 2.05) is 6.92 Å². The number of carbonyl (C=O) groups excluding carboxylic acids is 1. The van der Waals surface area contributed by atoms with Crippen LogP contribution < -0.4 is 0 Å². The lowest BCUT2D eigenvalue weighted by Gasteiger charge is -2.35. The summed E-state index contributed by atoms with van der Waals surface area (Å²) in [5.41, 5.74) is 0.591. The first-order valence-electron chi connectivity index (χ1n) is 7.83. The van der Waals surface area contributed by atoms with Gasteiger partial charge in [0.2, 0.25) is 0 Å². The van der Waals surface area contributed by atoms with Crippen LogP contribution in [0.2, 0.25) is 10.0 Å². The average molecular weight is 326 g/mol. The molecule has 1 heterocycles. The molecule has 3 unspecified atom stereocenters. The highest BCUT2D eigenvalue weighted by Crippen LogP contribution is 2.38. The lowest BCUT2D eigenvalue weighted by atomic mass is 9.85. The zero-order valence-corrected chi connectivity index (χ0v) is 13.8. The summed E-state index contributed by atoms with van der Waals surface area (Å²) in [5, 5.41) is 1.02. The number of hydrogen-bond acceptors (Lipinski definition) is 2. The molecule has 0 amide bonds. The van der Waals surface area contributed by atoms with Gasteiger partial charge in [0.1, 0.15) is 0 Å². The minimum atomic E-state index is -0.100. The predicted octanol–water partition coefficient (Wildman–Crippen LogP) is 4.83. The summed E-state index contributed by atoms with van der Waals surface area (Å²) in [6, 6.07) is 5.62. The molecule has 1 aliphatic heterocycles. The van der Waals surface area contributed by atoms with Crippen molar-refractivity contribution in [2.75, 3.05) is 6.54 Å². The van der Waals surface area contributed by atoms with E-state index in [-0.39, 0.29) is 11.8 Å². The Morgan fingerprint density at radius 3 is 2.76 bits per heavy atom. The molecule has 2 nitrogen and oxygen atoms in total. The molecule has 0 aromatic heterocycles. The van der Waals surface area contributed by atoms with Gasteiger partial charge in [0, 0.05) is 16.6 Å². The Kier molecular flexibility index (Phi) is 4.58. The zero-order valence-electron chi connectivity index (χ0n) is 12.3. The summed E-state index contributed by atoms with van der Waals surface area (Å²) in [7, 11) is 0. The molecule has 3 atom stereocenters. The molecule has 2 aliphatic rings. The van der Waals surface area contributed by atoms with Gasteiger partial charge in [-0.15, -0.1) is 0 Å². The van der Waals surface area contributed by atoms with Crippen molar-refractivity contribution in [1.29, 1.82) is 0 Å². The lowest BCUT2D eigenvalue weighted by molar-refractivity contribution is 0.0771. The number of nitrogens with zero attached hydrogens (tertiary/aromatic N) is 1. The Labute approximate surface area is 136 Å². The molecule has 0 N–H and O–H groups in total. The third-order valence-corrected chi connectivity index (χ3v) is 5.67. The largest absolute Gasteiger partial charge is 0.292 e. The smallest absolute Gasteiger partial charge is 0.181 e. The number of Topliss-reactive ketones (excluding diaryl/α,β-unsaturated/α-hetero) is 1. The van der Waals surface area contributed by atoms with E-state index in [4.69, 9.17) is 23.2 Å². The highest BCUT2D eigenvalue weighted by Gasteiger charge is 2.39. The summed E-state index contributed by atoms with van der Waals surface area (Å²) in [6.45, 7) is 3.05. The molecule has 21 heavy (non-hydrogen) atoms. The molecule has 1 aromatic carbocycles. The number of carbonyl (C=O) groups is 1. The molecule has 0 radical (unpaired) electrons. The summed E-state index contributed by atoms with van der Waals surface area (Å²) >= 11 is 12.1. The first-order chi connectivity index (χ1) is 10.1. The van der Waals surface area contributed by atoms with E-state index in [1.165, 1.54) is 32.1 Å². The second kappa shape index (κ2) is 6.28. The van der Waals surface area contributed by atoms with Crippen molar-refractivity contribution in [3.63, 3.8) is 0 Å². The molecule has 0 bridgehead atoms. The number of likely N-dealkylation sites (tertiary alicyclic amines) is 1. The summed E-state index contributed by atoms with van der Waals surface area (Å²) in [5.74, 6) is 0.901. The van der Waals surface area contributed by atoms with Crippen LogP contribution in [0.15, 0.2) is 18.2 Å². The van der Waals surface area contributed by atoms with Crippen LogP contribution >= 0.6 is 23.2 Å². The topological polar surface area (TPSA) is 20.3 Å². The average Bonchev–Trinajstić information content (AvgIpc) is 2.90. The van der Waals surface area contributed by atoms with Gasteiger partial charge in [0.05, 0.1) is 11.1 Å². The molecule has 1 aliphatic carbocycles. The van der Waals surface area contributed by atoms with Gasteiger partial charge >= 0.3 is 0 Å². The van der Waals surface area contributed by atoms with Crippen molar-refractivity contribution in [3.8, 4) is 0 Å². The highest BCUT2D eigenvalue weighted by molar-refractivity contribution is 6.37. The fourth-order valence-corrected chi connectivity index (χ4v) is 4.49. The van der Waals surface area contributed by atoms with E-state index < -0.39 is 0 Å². The van der Waals surface area contributed by atoms with Crippen LogP contribution in [-0.2, 0) is 0 Å². The van der Waals surface area contributed by atoms with Crippen LogP contribution in [0.25, 0.3) is 0 Å². The number of halogens is 2. The van der Waals surface area contributed by atoms with Crippen molar-refractivity contribution in [2.45, 2.75) is 51.1 Å². The zero-order chi connectivity index (χ0) is 15.0. The monoisotopic (exact) mass is 325 g/mol. The molecule has 114 valence electrons. The highest BCUT2D eigenvalue weighted by atomic mass is 35.5. The minimum Gasteiger partial charge on any atom is -0.292 e. The van der Waals surface area contributed by atoms with Crippen LogP contribution in [0.4, 0.5) is 0 Å². The van der Waals surface area contributed by atoms with E-state index in [0.717, 1.165) is 12.5 Å². The Bertz CT molecular complexity index is 546. The van der Waals surface area contributed by atoms with Gasteiger partial charge in [0.15, 0.2) is 5.78 Å². The maximum atomic E-state index is 12.8. The first-order valence-corrected chi connectivity index (χ1v) is 8.58. The van der Waals surface area contributed by atoms with Gasteiger partial charge in [-0.05, 0) is 56.8 Å². The molecule has 0 spiro atoms. The Morgan fingerprint density at radius 1 is 1.24 bits per heavy atom. The quantitative estimate of drug-likeness (QED) is 0.742. The fourth-order valence-electron chi connectivity index (χ4n) is 3.99. The summed E-state index contributed by atoms with van der Waals surface area (Å²) < 4.78 is 0. The maximum absolute atomic E-state index is 12.8. The molecule has 3 rings (SSSR count). The predicted molar refractivity (Wildman–Crippen MR) is 87.3 cm³/mol. The number of ketones is 1. The van der Waals surface area contributed by atoms with E-state index in [0.29, 0.717) is 21.7 Å². The number of benzene rings is 1. The standard InChI is InChI=1S/C17H21Cl2NO/c1-11(17(21)14-7-6-13(18)10-15(14)19)20-9-8-12-4-2-3-5-16(12)20/h6-7,10-12,16H,2-5,8-9H2,1H3. The van der Waals surface area contributed by atoms with Crippen LogP contribution in [0.5, 0.6) is 0 Å². The minimum absolute atomic E-state index is 0.100. The molecule has 2 fully saturated rings. The van der Waals surface area contributed by atoms with Crippen LogP contribution in [0, 0.1) is 5.92 Å². The van der Waals surface area contributed by atoms with E-state index in [9.17, 15) is 4.79 Å². The van der Waals surface area contributed by atoms with Crippen molar-refractivity contribution in [2.24, 2.45) is 5.92 Å². The first kappa shape index (κ1) is 15.3. The summed E-state index contributed by atoms with van der Waals surface area (Å²) in [6.07, 6.45) is 6.43.